The molecule has 11 heteroatoms. The Kier molecular flexibility index (Phi) is 7.77. The van der Waals surface area contributed by atoms with E-state index in [1.807, 2.05) is 23.6 Å². The van der Waals surface area contributed by atoms with E-state index in [4.69, 9.17) is 12.2 Å². The number of aromatic hydroxyl groups is 1. The number of anilines is 1. The molecule has 1 aliphatic heterocycles. The lowest BCUT2D eigenvalue weighted by Gasteiger charge is -2.14. The van der Waals surface area contributed by atoms with Gasteiger partial charge in [-0.2, -0.15) is 0 Å². The van der Waals surface area contributed by atoms with Crippen molar-refractivity contribution in [2.45, 2.75) is 25.7 Å². The summed E-state index contributed by atoms with van der Waals surface area (Å²) in [5.74, 6) is -0.740. The van der Waals surface area contributed by atoms with Gasteiger partial charge < -0.3 is 10.4 Å². The fraction of sp³-hybridized carbons (Fsp3) is 0.250. The van der Waals surface area contributed by atoms with Crippen molar-refractivity contribution >= 4 is 68.9 Å². The summed E-state index contributed by atoms with van der Waals surface area (Å²) in [4.78, 5) is 37.9. The van der Waals surface area contributed by atoms with Gasteiger partial charge in [-0.05, 0) is 36.4 Å². The first-order valence-corrected chi connectivity index (χ1v) is 11.5. The van der Waals surface area contributed by atoms with Crippen molar-refractivity contribution in [3.05, 3.63) is 55.6 Å². The molecule has 0 bridgehead atoms. The maximum atomic E-state index is 12.5. The summed E-state index contributed by atoms with van der Waals surface area (Å²) < 4.78 is 0.541. The predicted octanol–water partition coefficient (Wildman–Crippen LogP) is 4.76. The Morgan fingerprint density at radius 3 is 2.77 bits per heavy atom. The van der Waals surface area contributed by atoms with Gasteiger partial charge in [0.1, 0.15) is 10.1 Å². The molecule has 8 nitrogen and oxygen atoms in total. The molecule has 2 aromatic rings. The van der Waals surface area contributed by atoms with Crippen LogP contribution in [0.3, 0.4) is 0 Å². The number of carbonyl (C=O) groups excluding carboxylic acids is 2. The molecule has 2 amide bonds. The number of thiophene rings is 1. The van der Waals surface area contributed by atoms with Crippen LogP contribution in [0.15, 0.2) is 40.6 Å². The number of amides is 2. The Labute approximate surface area is 192 Å². The molecule has 1 saturated heterocycles. The Morgan fingerprint density at radius 2 is 2.10 bits per heavy atom. The predicted molar refractivity (Wildman–Crippen MR) is 126 cm³/mol. The van der Waals surface area contributed by atoms with E-state index >= 15 is 0 Å². The Balaban J connectivity index is 1.40. The van der Waals surface area contributed by atoms with Gasteiger partial charge in [0.15, 0.2) is 0 Å². The molecular formula is C20H19N3O5S3. The first-order valence-electron chi connectivity index (χ1n) is 9.41. The van der Waals surface area contributed by atoms with Crippen LogP contribution < -0.4 is 5.32 Å². The molecule has 1 fully saturated rings. The fourth-order valence-corrected chi connectivity index (χ4v) is 4.91. The number of unbranched alkanes of at least 4 members (excludes halogenated alkanes) is 2. The number of rotatable bonds is 9. The Morgan fingerprint density at radius 1 is 1.29 bits per heavy atom. The van der Waals surface area contributed by atoms with Gasteiger partial charge in [0.2, 0.25) is 5.91 Å². The summed E-state index contributed by atoms with van der Waals surface area (Å²) in [7, 11) is 0. The van der Waals surface area contributed by atoms with Crippen molar-refractivity contribution in [1.82, 2.24) is 4.90 Å². The zero-order valence-electron chi connectivity index (χ0n) is 16.3. The van der Waals surface area contributed by atoms with Crippen molar-refractivity contribution in [3.63, 3.8) is 0 Å². The van der Waals surface area contributed by atoms with E-state index in [1.54, 1.807) is 16.2 Å². The molecule has 0 radical (unpaired) electrons. The summed E-state index contributed by atoms with van der Waals surface area (Å²) >= 11 is 8.18. The summed E-state index contributed by atoms with van der Waals surface area (Å²) in [6, 6.07) is 7.37. The standard InChI is InChI=1S/C20H19N3O5S3/c24-16-11-13(23(27)28)7-8-15(16)21-18(25)6-2-1-3-9-22-19(26)17(31-20(22)29)12-14-5-4-10-30-14/h4-5,7-8,10-12,24H,1-3,6,9H2,(H,21,25)/b17-12-. The smallest absolute Gasteiger partial charge is 0.273 e. The number of hydrogen-bond acceptors (Lipinski definition) is 8. The second kappa shape index (κ2) is 10.5. The number of benzene rings is 1. The van der Waals surface area contributed by atoms with E-state index in [2.05, 4.69) is 5.32 Å². The zero-order chi connectivity index (χ0) is 22.4. The van der Waals surface area contributed by atoms with E-state index in [0.29, 0.717) is 28.6 Å². The topological polar surface area (TPSA) is 113 Å². The molecule has 1 aromatic carbocycles. The molecule has 1 aliphatic rings. The lowest BCUT2D eigenvalue weighted by atomic mass is 10.1. The maximum Gasteiger partial charge on any atom is 0.273 e. The first kappa shape index (κ1) is 22.9. The Hall–Kier alpha value is -2.76. The van der Waals surface area contributed by atoms with E-state index in [1.165, 1.54) is 23.9 Å². The van der Waals surface area contributed by atoms with Crippen LogP contribution in [0.2, 0.25) is 0 Å². The minimum Gasteiger partial charge on any atom is -0.506 e. The van der Waals surface area contributed by atoms with Crippen molar-refractivity contribution in [1.29, 1.82) is 0 Å². The number of thioether (sulfide) groups is 1. The minimum absolute atomic E-state index is 0.0882. The average Bonchev–Trinajstić information content (AvgIpc) is 3.32. The summed E-state index contributed by atoms with van der Waals surface area (Å²) in [5.41, 5.74) is -0.123. The van der Waals surface area contributed by atoms with Crippen molar-refractivity contribution < 1.29 is 19.6 Å². The molecule has 3 rings (SSSR count). The third-order valence-electron chi connectivity index (χ3n) is 4.44. The highest BCUT2D eigenvalue weighted by atomic mass is 32.2. The SMILES string of the molecule is O=C(CCCCCN1C(=O)/C(=C/c2cccs2)SC1=S)Nc1ccc([N+](=O)[O-])cc1O. The van der Waals surface area contributed by atoms with E-state index in [9.17, 15) is 24.8 Å². The van der Waals surface area contributed by atoms with E-state index in [-0.39, 0.29) is 35.4 Å². The minimum atomic E-state index is -0.623. The number of carbonyl (C=O) groups is 2. The van der Waals surface area contributed by atoms with Gasteiger partial charge in [0, 0.05) is 23.9 Å². The van der Waals surface area contributed by atoms with Gasteiger partial charge >= 0.3 is 0 Å². The number of nitro benzene ring substituents is 1. The number of phenolic OH excluding ortho intramolecular Hbond substituents is 1. The molecule has 2 heterocycles. The van der Waals surface area contributed by atoms with E-state index < -0.39 is 4.92 Å². The van der Waals surface area contributed by atoms with Gasteiger partial charge in [-0.1, -0.05) is 36.5 Å². The number of nitro groups is 1. The van der Waals surface area contributed by atoms with Crippen LogP contribution in [0.25, 0.3) is 6.08 Å². The van der Waals surface area contributed by atoms with Gasteiger partial charge in [-0.3, -0.25) is 24.6 Å². The highest BCUT2D eigenvalue weighted by molar-refractivity contribution is 8.26. The number of non-ortho nitro benzene ring substituents is 1. The van der Waals surface area contributed by atoms with Crippen molar-refractivity contribution in [3.8, 4) is 5.75 Å². The van der Waals surface area contributed by atoms with Gasteiger partial charge in [-0.15, -0.1) is 11.3 Å². The van der Waals surface area contributed by atoms with Crippen LogP contribution >= 0.6 is 35.3 Å². The van der Waals surface area contributed by atoms with E-state index in [0.717, 1.165) is 17.4 Å². The number of nitrogens with one attached hydrogen (secondary N) is 1. The van der Waals surface area contributed by atoms with Crippen LogP contribution in [-0.2, 0) is 9.59 Å². The van der Waals surface area contributed by atoms with Crippen LogP contribution in [0.4, 0.5) is 11.4 Å². The van der Waals surface area contributed by atoms with Crippen LogP contribution in [-0.4, -0.2) is 37.6 Å². The fourth-order valence-electron chi connectivity index (χ4n) is 2.88. The zero-order valence-corrected chi connectivity index (χ0v) is 18.7. The summed E-state index contributed by atoms with van der Waals surface area (Å²) in [6.45, 7) is 0.497. The summed E-state index contributed by atoms with van der Waals surface area (Å²) in [6.07, 6.45) is 4.10. The second-order valence-corrected chi connectivity index (χ2v) is 9.32. The Bertz CT molecular complexity index is 1040. The molecule has 0 atom stereocenters. The molecule has 0 spiro atoms. The quantitative estimate of drug-likeness (QED) is 0.134. The molecular weight excluding hydrogens is 458 g/mol. The van der Waals surface area contributed by atoms with Crippen molar-refractivity contribution in [2.75, 3.05) is 11.9 Å². The monoisotopic (exact) mass is 477 g/mol. The molecule has 162 valence electrons. The van der Waals surface area contributed by atoms with Gasteiger partial charge in [-0.25, -0.2) is 0 Å². The van der Waals surface area contributed by atoms with Crippen LogP contribution in [0.1, 0.15) is 30.6 Å². The molecule has 0 unspecified atom stereocenters. The number of phenols is 1. The molecule has 0 aliphatic carbocycles. The number of thiocarbonyl (C=S) groups is 1. The molecule has 1 aromatic heterocycles. The lowest BCUT2D eigenvalue weighted by molar-refractivity contribution is -0.384. The van der Waals surface area contributed by atoms with Crippen molar-refractivity contribution in [2.24, 2.45) is 0 Å². The largest absolute Gasteiger partial charge is 0.506 e. The number of nitrogens with zero attached hydrogens (tertiary/aromatic N) is 2. The molecule has 0 saturated carbocycles. The molecule has 2 N–H and O–H groups in total. The molecule has 31 heavy (non-hydrogen) atoms. The van der Waals surface area contributed by atoms with Gasteiger partial charge in [0.25, 0.3) is 11.6 Å². The normalized spacial score (nSPS) is 15.0. The first-order chi connectivity index (χ1) is 14.8. The van der Waals surface area contributed by atoms with Gasteiger partial charge in [0.05, 0.1) is 21.6 Å². The van der Waals surface area contributed by atoms with Crippen LogP contribution in [0, 0.1) is 10.1 Å². The third-order valence-corrected chi connectivity index (χ3v) is 6.64. The highest BCUT2D eigenvalue weighted by Gasteiger charge is 2.31. The number of hydrogen-bond donors (Lipinski definition) is 2. The maximum absolute atomic E-state index is 12.5. The third kappa shape index (κ3) is 6.12. The lowest BCUT2D eigenvalue weighted by Crippen LogP contribution is -2.29. The summed E-state index contributed by atoms with van der Waals surface area (Å²) in [5, 5.41) is 25.0. The van der Waals surface area contributed by atoms with Crippen LogP contribution in [0.5, 0.6) is 5.75 Å². The average molecular weight is 478 g/mol. The highest BCUT2D eigenvalue weighted by Crippen LogP contribution is 2.33. The second-order valence-electron chi connectivity index (χ2n) is 6.67.